The average molecular weight is 477 g/mol. The Hall–Kier alpha value is -3.11. The molecule has 3 aromatic carbocycles. The predicted molar refractivity (Wildman–Crippen MR) is 139 cm³/mol. The quantitative estimate of drug-likeness (QED) is 0.414. The van der Waals surface area contributed by atoms with Crippen molar-refractivity contribution >= 4 is 23.4 Å². The summed E-state index contributed by atoms with van der Waals surface area (Å²) in [5.74, 6) is 0.0815. The fourth-order valence-electron chi connectivity index (χ4n) is 3.88. The molecule has 0 heterocycles. The first kappa shape index (κ1) is 25.5. The largest absolute Gasteiger partial charge is 0.354 e. The van der Waals surface area contributed by atoms with Crippen molar-refractivity contribution in [2.45, 2.75) is 46.2 Å². The molecule has 3 rings (SSSR count). The number of aryl methyl sites for hydroxylation is 1. The van der Waals surface area contributed by atoms with Crippen LogP contribution in [0.4, 0.5) is 0 Å². The number of nitrogens with one attached hydrogen (secondary N) is 1. The zero-order valence-corrected chi connectivity index (χ0v) is 20.9. The van der Waals surface area contributed by atoms with Gasteiger partial charge < -0.3 is 10.2 Å². The number of halogens is 1. The molecule has 0 spiro atoms. The summed E-state index contributed by atoms with van der Waals surface area (Å²) in [6, 6.07) is 24.5. The van der Waals surface area contributed by atoms with Crippen molar-refractivity contribution in [3.63, 3.8) is 0 Å². The lowest BCUT2D eigenvalue weighted by molar-refractivity contribution is -0.140. The molecule has 0 aliphatic heterocycles. The second-order valence-corrected chi connectivity index (χ2v) is 9.54. The topological polar surface area (TPSA) is 49.4 Å². The van der Waals surface area contributed by atoms with Crippen LogP contribution in [0.1, 0.15) is 36.1 Å². The molecule has 0 radical (unpaired) electrons. The van der Waals surface area contributed by atoms with Gasteiger partial charge in [-0.1, -0.05) is 92.2 Å². The van der Waals surface area contributed by atoms with E-state index < -0.39 is 6.04 Å². The first-order valence-electron chi connectivity index (χ1n) is 11.7. The van der Waals surface area contributed by atoms with Gasteiger partial charge in [-0.3, -0.25) is 9.59 Å². The van der Waals surface area contributed by atoms with Crippen molar-refractivity contribution in [2.24, 2.45) is 5.92 Å². The maximum absolute atomic E-state index is 13.7. The lowest BCUT2D eigenvalue weighted by atomic mass is 10.00. The number of carbonyl (C=O) groups is 2. The highest BCUT2D eigenvalue weighted by atomic mass is 35.5. The Kier molecular flexibility index (Phi) is 9.29. The van der Waals surface area contributed by atoms with Crippen LogP contribution < -0.4 is 5.32 Å². The molecule has 0 aliphatic rings. The minimum atomic E-state index is -0.642. The molecule has 3 aromatic rings. The lowest BCUT2D eigenvalue weighted by Gasteiger charge is -2.32. The monoisotopic (exact) mass is 476 g/mol. The van der Waals surface area contributed by atoms with Crippen molar-refractivity contribution < 1.29 is 9.59 Å². The summed E-state index contributed by atoms with van der Waals surface area (Å²) in [6.45, 7) is 6.97. The Morgan fingerprint density at radius 1 is 0.912 bits per heavy atom. The first-order chi connectivity index (χ1) is 16.3. The predicted octanol–water partition coefficient (Wildman–Crippen LogP) is 5.60. The van der Waals surface area contributed by atoms with E-state index in [1.165, 1.54) is 0 Å². The van der Waals surface area contributed by atoms with E-state index in [0.29, 0.717) is 30.5 Å². The van der Waals surface area contributed by atoms with E-state index in [-0.39, 0.29) is 18.2 Å². The van der Waals surface area contributed by atoms with Crippen LogP contribution in [0.5, 0.6) is 0 Å². The van der Waals surface area contributed by atoms with Gasteiger partial charge in [0.15, 0.2) is 0 Å². The number of hydrogen-bond donors (Lipinski definition) is 1. The number of carbonyl (C=O) groups excluding carboxylic acids is 2. The Morgan fingerprint density at radius 2 is 1.59 bits per heavy atom. The molecule has 0 aromatic heterocycles. The molecule has 1 N–H and O–H groups in total. The Balaban J connectivity index is 1.97. The molecule has 0 fully saturated rings. The molecule has 0 saturated heterocycles. The standard InChI is InChI=1S/C29H33ClN2O2/c1-21(2)19-31-29(34)27(17-23-11-5-4-6-12-23)32(20-24-13-9-15-26(30)16-24)28(33)18-25-14-8-7-10-22(25)3/h4-16,21,27H,17-20H2,1-3H3,(H,31,34)/t27-/m0/s1. The third-order valence-corrected chi connectivity index (χ3v) is 6.04. The molecule has 1 atom stereocenters. The maximum Gasteiger partial charge on any atom is 0.243 e. The van der Waals surface area contributed by atoms with Gasteiger partial charge in [-0.2, -0.15) is 0 Å². The molecule has 0 unspecified atom stereocenters. The van der Waals surface area contributed by atoms with Gasteiger partial charge in [-0.15, -0.1) is 0 Å². The van der Waals surface area contributed by atoms with Gasteiger partial charge >= 0.3 is 0 Å². The Morgan fingerprint density at radius 3 is 2.26 bits per heavy atom. The summed E-state index contributed by atoms with van der Waals surface area (Å²) in [4.78, 5) is 28.9. The van der Waals surface area contributed by atoms with Crippen molar-refractivity contribution in [2.75, 3.05) is 6.54 Å². The van der Waals surface area contributed by atoms with E-state index in [4.69, 9.17) is 11.6 Å². The van der Waals surface area contributed by atoms with Crippen LogP contribution in [-0.2, 0) is 29.0 Å². The highest BCUT2D eigenvalue weighted by molar-refractivity contribution is 6.30. The van der Waals surface area contributed by atoms with Gasteiger partial charge in [-0.25, -0.2) is 0 Å². The summed E-state index contributed by atoms with van der Waals surface area (Å²) < 4.78 is 0. The third kappa shape index (κ3) is 7.46. The van der Waals surface area contributed by atoms with Gasteiger partial charge in [0, 0.05) is 24.5 Å². The van der Waals surface area contributed by atoms with Crippen molar-refractivity contribution in [3.8, 4) is 0 Å². The van der Waals surface area contributed by atoms with Crippen LogP contribution in [0, 0.1) is 12.8 Å². The molecule has 5 heteroatoms. The van der Waals surface area contributed by atoms with Gasteiger partial charge in [-0.05, 0) is 47.2 Å². The summed E-state index contributed by atoms with van der Waals surface area (Å²) >= 11 is 6.23. The van der Waals surface area contributed by atoms with Gasteiger partial charge in [0.05, 0.1) is 6.42 Å². The molecule has 178 valence electrons. The summed E-state index contributed by atoms with van der Waals surface area (Å²) in [5, 5.41) is 3.66. The molecule has 0 saturated carbocycles. The Bertz CT molecular complexity index is 1100. The van der Waals surface area contributed by atoms with Gasteiger partial charge in [0.1, 0.15) is 6.04 Å². The molecular weight excluding hydrogens is 444 g/mol. The minimum Gasteiger partial charge on any atom is -0.354 e. The molecular formula is C29H33ClN2O2. The smallest absolute Gasteiger partial charge is 0.243 e. The number of benzene rings is 3. The van der Waals surface area contributed by atoms with Crippen molar-refractivity contribution in [1.82, 2.24) is 10.2 Å². The van der Waals surface area contributed by atoms with Crippen LogP contribution in [0.15, 0.2) is 78.9 Å². The van der Waals surface area contributed by atoms with Crippen molar-refractivity contribution in [3.05, 3.63) is 106 Å². The highest BCUT2D eigenvalue weighted by Gasteiger charge is 2.30. The molecule has 34 heavy (non-hydrogen) atoms. The van der Waals surface area contributed by atoms with Crippen LogP contribution in [-0.4, -0.2) is 29.3 Å². The second-order valence-electron chi connectivity index (χ2n) is 9.10. The number of nitrogens with zero attached hydrogens (tertiary/aromatic N) is 1. The van der Waals surface area contributed by atoms with E-state index >= 15 is 0 Å². The van der Waals surface area contributed by atoms with E-state index in [1.54, 1.807) is 11.0 Å². The van der Waals surface area contributed by atoms with E-state index in [0.717, 1.165) is 22.3 Å². The molecule has 0 bridgehead atoms. The summed E-state index contributed by atoms with van der Waals surface area (Å²) in [5.41, 5.74) is 3.92. The zero-order chi connectivity index (χ0) is 24.5. The lowest BCUT2D eigenvalue weighted by Crippen LogP contribution is -2.51. The number of hydrogen-bond acceptors (Lipinski definition) is 2. The Labute approximate surface area is 207 Å². The van der Waals surface area contributed by atoms with E-state index in [2.05, 4.69) is 19.2 Å². The first-order valence-corrected chi connectivity index (χ1v) is 12.1. The molecule has 0 aliphatic carbocycles. The number of rotatable bonds is 10. The molecule has 4 nitrogen and oxygen atoms in total. The van der Waals surface area contributed by atoms with Crippen LogP contribution in [0.25, 0.3) is 0 Å². The van der Waals surface area contributed by atoms with E-state index in [1.807, 2.05) is 79.7 Å². The summed E-state index contributed by atoms with van der Waals surface area (Å²) in [6.07, 6.45) is 0.667. The van der Waals surface area contributed by atoms with Crippen LogP contribution in [0.3, 0.4) is 0 Å². The van der Waals surface area contributed by atoms with E-state index in [9.17, 15) is 9.59 Å². The summed E-state index contributed by atoms with van der Waals surface area (Å²) in [7, 11) is 0. The average Bonchev–Trinajstić information content (AvgIpc) is 2.82. The SMILES string of the molecule is Cc1ccccc1CC(=O)N(Cc1cccc(Cl)c1)[C@@H](Cc1ccccc1)C(=O)NCC(C)C. The van der Waals surface area contributed by atoms with Crippen LogP contribution >= 0.6 is 11.6 Å². The van der Waals surface area contributed by atoms with Gasteiger partial charge in [0.25, 0.3) is 0 Å². The van der Waals surface area contributed by atoms with Gasteiger partial charge in [0.2, 0.25) is 11.8 Å². The van der Waals surface area contributed by atoms with Crippen molar-refractivity contribution in [1.29, 1.82) is 0 Å². The fourth-order valence-corrected chi connectivity index (χ4v) is 4.09. The van der Waals surface area contributed by atoms with Crippen LogP contribution in [0.2, 0.25) is 5.02 Å². The fraction of sp³-hybridized carbons (Fsp3) is 0.310. The zero-order valence-electron chi connectivity index (χ0n) is 20.1. The highest BCUT2D eigenvalue weighted by Crippen LogP contribution is 2.19. The minimum absolute atomic E-state index is 0.0881. The third-order valence-electron chi connectivity index (χ3n) is 5.80. The molecule has 2 amide bonds. The maximum atomic E-state index is 13.7. The normalized spacial score (nSPS) is 11.8. The number of amides is 2. The second kappa shape index (κ2) is 12.4.